The van der Waals surface area contributed by atoms with Crippen molar-refractivity contribution < 1.29 is 19.4 Å². The van der Waals surface area contributed by atoms with Crippen LogP contribution in [0.5, 0.6) is 5.75 Å². The number of amides is 1. The van der Waals surface area contributed by atoms with Crippen LogP contribution < -0.4 is 9.64 Å². The molecule has 0 spiro atoms. The number of carbonyl (C=O) groups is 2. The fraction of sp³-hybridized carbons (Fsp3) is 0.529. The Labute approximate surface area is 135 Å². The Balaban J connectivity index is 1.84. The minimum atomic E-state index is -0.875. The van der Waals surface area contributed by atoms with Crippen molar-refractivity contribution in [2.24, 2.45) is 0 Å². The Morgan fingerprint density at radius 2 is 2.04 bits per heavy atom. The van der Waals surface area contributed by atoms with E-state index in [0.717, 1.165) is 18.5 Å². The highest BCUT2D eigenvalue weighted by Crippen LogP contribution is 2.37. The fourth-order valence-corrected chi connectivity index (χ4v) is 3.37. The molecule has 0 radical (unpaired) electrons. The highest BCUT2D eigenvalue weighted by molar-refractivity contribution is 6.01. The number of carboxylic acids is 1. The maximum Gasteiger partial charge on any atom is 0.320 e. The molecular weight excluding hydrogens is 296 g/mol. The predicted octanol–water partition coefficient (Wildman–Crippen LogP) is 1.74. The quantitative estimate of drug-likeness (QED) is 0.865. The van der Waals surface area contributed by atoms with E-state index in [9.17, 15) is 14.7 Å². The maximum atomic E-state index is 12.9. The smallest absolute Gasteiger partial charge is 0.320 e. The number of para-hydroxylation sites is 2. The molecule has 1 aliphatic heterocycles. The Bertz CT molecular complexity index is 614. The maximum absolute atomic E-state index is 12.9. The summed E-state index contributed by atoms with van der Waals surface area (Å²) in [6.45, 7) is 2.25. The molecule has 1 saturated heterocycles. The third-order valence-corrected chi connectivity index (χ3v) is 4.69. The van der Waals surface area contributed by atoms with E-state index in [-0.39, 0.29) is 18.0 Å². The average Bonchev–Trinajstić information content (AvgIpc) is 3.31. The lowest BCUT2D eigenvalue weighted by atomic mass is 10.1. The van der Waals surface area contributed by atoms with Crippen LogP contribution in [0.25, 0.3) is 0 Å². The van der Waals surface area contributed by atoms with Gasteiger partial charge in [-0.3, -0.25) is 14.5 Å². The molecular formula is C17H22N2O4. The zero-order valence-corrected chi connectivity index (χ0v) is 13.4. The van der Waals surface area contributed by atoms with Crippen LogP contribution in [0.4, 0.5) is 5.69 Å². The molecule has 2 aliphatic rings. The molecule has 124 valence electrons. The Morgan fingerprint density at radius 1 is 1.35 bits per heavy atom. The molecule has 6 heteroatoms. The van der Waals surface area contributed by atoms with Crippen molar-refractivity contribution in [2.75, 3.05) is 18.6 Å². The standard InChI is InChI=1S/C17H22N2O4/c1-11(17(21)22)19(12-7-8-12)14-9-10-18(16(14)20)13-5-3-4-6-15(13)23-2/h3-6,11-12,14H,7-10H2,1-2H3,(H,21,22). The van der Waals surface area contributed by atoms with Gasteiger partial charge in [0.15, 0.2) is 0 Å². The molecule has 2 unspecified atom stereocenters. The van der Waals surface area contributed by atoms with Crippen molar-refractivity contribution >= 4 is 17.6 Å². The van der Waals surface area contributed by atoms with Gasteiger partial charge in [-0.2, -0.15) is 0 Å². The molecule has 3 rings (SSSR count). The lowest BCUT2D eigenvalue weighted by molar-refractivity contribution is -0.144. The number of aliphatic carboxylic acids is 1. The van der Waals surface area contributed by atoms with Crippen LogP contribution in [0.3, 0.4) is 0 Å². The highest BCUT2D eigenvalue weighted by atomic mass is 16.5. The van der Waals surface area contributed by atoms with Crippen molar-refractivity contribution in [1.29, 1.82) is 0 Å². The number of hydrogen-bond acceptors (Lipinski definition) is 4. The summed E-state index contributed by atoms with van der Waals surface area (Å²) < 4.78 is 5.35. The second-order valence-corrected chi connectivity index (χ2v) is 6.16. The summed E-state index contributed by atoms with van der Waals surface area (Å²) >= 11 is 0. The molecule has 1 N–H and O–H groups in total. The molecule has 1 aromatic carbocycles. The first-order valence-corrected chi connectivity index (χ1v) is 7.99. The van der Waals surface area contributed by atoms with Crippen LogP contribution in [0.1, 0.15) is 26.2 Å². The minimum absolute atomic E-state index is 0.0329. The number of rotatable bonds is 6. The third kappa shape index (κ3) is 2.91. The van der Waals surface area contributed by atoms with Crippen molar-refractivity contribution in [2.45, 2.75) is 44.3 Å². The average molecular weight is 318 g/mol. The van der Waals surface area contributed by atoms with E-state index in [4.69, 9.17) is 4.74 Å². The van der Waals surface area contributed by atoms with Crippen LogP contribution >= 0.6 is 0 Å². The normalized spacial score (nSPS) is 22.5. The van der Waals surface area contributed by atoms with Gasteiger partial charge in [0.2, 0.25) is 5.91 Å². The van der Waals surface area contributed by atoms with Crippen LogP contribution in [-0.4, -0.2) is 53.7 Å². The van der Waals surface area contributed by atoms with E-state index in [1.54, 1.807) is 18.9 Å². The lowest BCUT2D eigenvalue weighted by Gasteiger charge is -2.31. The van der Waals surface area contributed by atoms with Gasteiger partial charge in [-0.05, 0) is 38.3 Å². The van der Waals surface area contributed by atoms with E-state index in [2.05, 4.69) is 0 Å². The minimum Gasteiger partial charge on any atom is -0.495 e. The van der Waals surface area contributed by atoms with Crippen LogP contribution in [-0.2, 0) is 9.59 Å². The summed E-state index contributed by atoms with van der Waals surface area (Å²) in [6.07, 6.45) is 2.58. The highest BCUT2D eigenvalue weighted by Gasteiger charge is 2.46. The van der Waals surface area contributed by atoms with Gasteiger partial charge in [0.05, 0.1) is 18.8 Å². The van der Waals surface area contributed by atoms with E-state index >= 15 is 0 Å². The molecule has 1 amide bonds. The first-order valence-electron chi connectivity index (χ1n) is 7.99. The molecule has 23 heavy (non-hydrogen) atoms. The zero-order valence-electron chi connectivity index (χ0n) is 13.4. The number of carbonyl (C=O) groups excluding carboxylic acids is 1. The number of methoxy groups -OCH3 is 1. The monoisotopic (exact) mass is 318 g/mol. The van der Waals surface area contributed by atoms with Crippen LogP contribution in [0, 0.1) is 0 Å². The molecule has 2 atom stereocenters. The topological polar surface area (TPSA) is 70.1 Å². The number of ether oxygens (including phenoxy) is 1. The summed E-state index contributed by atoms with van der Waals surface area (Å²) in [5.41, 5.74) is 0.751. The summed E-state index contributed by atoms with van der Waals surface area (Å²) in [5.74, 6) is -0.249. The Morgan fingerprint density at radius 3 is 2.65 bits per heavy atom. The fourth-order valence-electron chi connectivity index (χ4n) is 3.37. The summed E-state index contributed by atoms with van der Waals surface area (Å²) in [4.78, 5) is 27.9. The number of carboxylic acid groups (broad SMARTS) is 1. The van der Waals surface area contributed by atoms with Gasteiger partial charge in [0, 0.05) is 12.6 Å². The van der Waals surface area contributed by atoms with Gasteiger partial charge >= 0.3 is 5.97 Å². The summed E-state index contributed by atoms with van der Waals surface area (Å²) in [6, 6.07) is 6.64. The van der Waals surface area contributed by atoms with E-state index in [1.165, 1.54) is 0 Å². The van der Waals surface area contributed by atoms with E-state index < -0.39 is 12.0 Å². The molecule has 1 aliphatic carbocycles. The van der Waals surface area contributed by atoms with E-state index in [1.807, 2.05) is 29.2 Å². The predicted molar refractivity (Wildman–Crippen MR) is 85.7 cm³/mol. The van der Waals surface area contributed by atoms with Crippen molar-refractivity contribution in [1.82, 2.24) is 4.90 Å². The van der Waals surface area contributed by atoms with Gasteiger partial charge in [0.1, 0.15) is 11.8 Å². The molecule has 6 nitrogen and oxygen atoms in total. The SMILES string of the molecule is COc1ccccc1N1CCC(N(C2CC2)C(C)C(=O)O)C1=O. The van der Waals surface area contributed by atoms with Gasteiger partial charge in [-0.15, -0.1) is 0 Å². The third-order valence-electron chi connectivity index (χ3n) is 4.69. The first-order chi connectivity index (χ1) is 11.0. The van der Waals surface area contributed by atoms with Crippen LogP contribution in [0.2, 0.25) is 0 Å². The summed E-state index contributed by atoms with van der Waals surface area (Å²) in [5, 5.41) is 9.35. The molecule has 0 bridgehead atoms. The lowest BCUT2D eigenvalue weighted by Crippen LogP contribution is -2.50. The number of hydrogen-bond donors (Lipinski definition) is 1. The van der Waals surface area contributed by atoms with Crippen molar-refractivity contribution in [3.05, 3.63) is 24.3 Å². The molecule has 1 saturated carbocycles. The molecule has 0 aromatic heterocycles. The Kier molecular flexibility index (Phi) is 4.26. The second-order valence-electron chi connectivity index (χ2n) is 6.16. The first kappa shape index (κ1) is 15.8. The van der Waals surface area contributed by atoms with Crippen molar-refractivity contribution in [3.8, 4) is 5.75 Å². The van der Waals surface area contributed by atoms with E-state index in [0.29, 0.717) is 18.7 Å². The van der Waals surface area contributed by atoms with Crippen LogP contribution in [0.15, 0.2) is 24.3 Å². The molecule has 1 aromatic rings. The zero-order chi connectivity index (χ0) is 16.6. The number of anilines is 1. The molecule has 2 fully saturated rings. The summed E-state index contributed by atoms with van der Waals surface area (Å²) in [7, 11) is 1.58. The Hall–Kier alpha value is -2.08. The van der Waals surface area contributed by atoms with Gasteiger partial charge in [-0.1, -0.05) is 12.1 Å². The number of benzene rings is 1. The largest absolute Gasteiger partial charge is 0.495 e. The van der Waals surface area contributed by atoms with Gasteiger partial charge < -0.3 is 14.7 Å². The number of nitrogens with zero attached hydrogens (tertiary/aromatic N) is 2. The second kappa shape index (κ2) is 6.20. The van der Waals surface area contributed by atoms with Crippen molar-refractivity contribution in [3.63, 3.8) is 0 Å². The molecule has 1 heterocycles. The van der Waals surface area contributed by atoms with Gasteiger partial charge in [0.25, 0.3) is 0 Å². The van der Waals surface area contributed by atoms with Gasteiger partial charge in [-0.25, -0.2) is 0 Å².